The summed E-state index contributed by atoms with van der Waals surface area (Å²) in [5.74, 6) is 0.666. The van der Waals surface area contributed by atoms with E-state index in [4.69, 9.17) is 19.4 Å². The van der Waals surface area contributed by atoms with Gasteiger partial charge in [-0.25, -0.2) is 14.1 Å². The van der Waals surface area contributed by atoms with Gasteiger partial charge in [0.05, 0.1) is 30.3 Å². The van der Waals surface area contributed by atoms with Crippen molar-refractivity contribution in [3.8, 4) is 17.1 Å². The van der Waals surface area contributed by atoms with Gasteiger partial charge >= 0.3 is 0 Å². The number of halogens is 1. The Morgan fingerprint density at radius 3 is 2.37 bits per heavy atom. The molecule has 2 aromatic heterocycles. The largest absolute Gasteiger partial charge is 0.496 e. The molecule has 1 aromatic carbocycles. The Bertz CT molecular complexity index is 1430. The van der Waals surface area contributed by atoms with E-state index in [-0.39, 0.29) is 23.1 Å². The van der Waals surface area contributed by atoms with Crippen molar-refractivity contribution in [3.63, 3.8) is 0 Å². The van der Waals surface area contributed by atoms with E-state index >= 15 is 4.39 Å². The minimum absolute atomic E-state index is 0.240. The zero-order chi connectivity index (χ0) is 27.4. The SMILES string of the molecule is COc1cc(N2CCNCC2)c(F)cc1-c1nc2c(c(C3CCCCCC3)nn2C)c(=O)[nH]1.CS(=O)(=O)O. The highest BCUT2D eigenvalue weighted by Crippen LogP contribution is 2.36. The fourth-order valence-corrected chi connectivity index (χ4v) is 5.20. The Labute approximate surface area is 221 Å². The molecule has 2 aliphatic rings. The van der Waals surface area contributed by atoms with Crippen LogP contribution in [0.4, 0.5) is 10.1 Å². The average Bonchev–Trinajstić information content (AvgIpc) is 3.03. The quantitative estimate of drug-likeness (QED) is 0.330. The Morgan fingerprint density at radius 2 is 1.76 bits per heavy atom. The van der Waals surface area contributed by atoms with E-state index in [1.165, 1.54) is 18.9 Å². The maximum atomic E-state index is 15.2. The van der Waals surface area contributed by atoms with Crippen LogP contribution in [0.2, 0.25) is 0 Å². The molecule has 3 aromatic rings. The van der Waals surface area contributed by atoms with E-state index in [1.54, 1.807) is 17.9 Å². The van der Waals surface area contributed by atoms with Crippen LogP contribution in [0, 0.1) is 5.82 Å². The van der Waals surface area contributed by atoms with Crippen molar-refractivity contribution in [3.05, 3.63) is 34.0 Å². The van der Waals surface area contributed by atoms with Crippen molar-refractivity contribution in [2.24, 2.45) is 7.05 Å². The van der Waals surface area contributed by atoms with Crippen molar-refractivity contribution in [1.82, 2.24) is 25.1 Å². The predicted molar refractivity (Wildman–Crippen MR) is 144 cm³/mol. The van der Waals surface area contributed by atoms with Gasteiger partial charge in [0.1, 0.15) is 22.8 Å². The fraction of sp³-hybridized carbons (Fsp3) is 0.560. The third-order valence-electron chi connectivity index (χ3n) is 6.94. The second kappa shape index (κ2) is 11.8. The number of fused-ring (bicyclic) bond motifs is 1. The molecule has 0 bridgehead atoms. The molecular weight excluding hydrogens is 515 g/mol. The number of aryl methyl sites for hydroxylation is 1. The summed E-state index contributed by atoms with van der Waals surface area (Å²) in [5.41, 5.74) is 2.03. The first kappa shape index (κ1) is 28.0. The zero-order valence-electron chi connectivity index (χ0n) is 22.0. The number of aromatic amines is 1. The predicted octanol–water partition coefficient (Wildman–Crippen LogP) is 2.82. The van der Waals surface area contributed by atoms with Crippen LogP contribution in [0.25, 0.3) is 22.4 Å². The van der Waals surface area contributed by atoms with E-state index in [0.29, 0.717) is 34.3 Å². The number of rotatable bonds is 4. The second-order valence-electron chi connectivity index (χ2n) is 9.78. The first-order valence-corrected chi connectivity index (χ1v) is 14.6. The lowest BCUT2D eigenvalue weighted by molar-refractivity contribution is 0.414. The molecule has 208 valence electrons. The molecular formula is C25H35FN6O5S. The third-order valence-corrected chi connectivity index (χ3v) is 6.94. The maximum absolute atomic E-state index is 15.2. The van der Waals surface area contributed by atoms with Crippen molar-refractivity contribution in [2.45, 2.75) is 44.4 Å². The van der Waals surface area contributed by atoms with E-state index in [0.717, 1.165) is 57.6 Å². The normalized spacial score (nSPS) is 17.1. The van der Waals surface area contributed by atoms with E-state index in [2.05, 4.69) is 10.3 Å². The molecule has 0 atom stereocenters. The number of H-pyrrole nitrogens is 1. The highest BCUT2D eigenvalue weighted by Gasteiger charge is 2.25. The molecule has 5 rings (SSSR count). The van der Waals surface area contributed by atoms with Gasteiger partial charge in [0.2, 0.25) is 0 Å². The molecule has 11 nitrogen and oxygen atoms in total. The van der Waals surface area contributed by atoms with Crippen LogP contribution in [-0.2, 0) is 17.2 Å². The number of anilines is 1. The standard InChI is InChI=1S/C24H31FN6O2.CH4O3S/c1-30-23-20(21(29-30)15-7-5-3-4-6-8-15)24(32)28-22(27-23)16-13-17(25)18(14-19(16)33-2)31-11-9-26-10-12-31;1-5(2,3)4/h13-15,26H,3-12H2,1-2H3,(H,27,28,32);1H3,(H,2,3,4). The maximum Gasteiger partial charge on any atom is 0.262 e. The van der Waals surface area contributed by atoms with E-state index < -0.39 is 10.1 Å². The van der Waals surface area contributed by atoms with Gasteiger partial charge in [0, 0.05) is 45.2 Å². The minimum Gasteiger partial charge on any atom is -0.496 e. The Balaban J connectivity index is 0.000000617. The van der Waals surface area contributed by atoms with Crippen molar-refractivity contribution < 1.29 is 22.1 Å². The summed E-state index contributed by atoms with van der Waals surface area (Å²) < 4.78 is 48.3. The lowest BCUT2D eigenvalue weighted by Crippen LogP contribution is -2.43. The van der Waals surface area contributed by atoms with Crippen molar-refractivity contribution in [2.75, 3.05) is 44.4 Å². The van der Waals surface area contributed by atoms with Crippen LogP contribution in [0.3, 0.4) is 0 Å². The number of nitrogens with one attached hydrogen (secondary N) is 2. The molecule has 3 heterocycles. The number of methoxy groups -OCH3 is 1. The summed E-state index contributed by atoms with van der Waals surface area (Å²) in [5, 5.41) is 8.52. The van der Waals surface area contributed by atoms with Crippen molar-refractivity contribution >= 4 is 26.8 Å². The van der Waals surface area contributed by atoms with Gasteiger partial charge in [-0.15, -0.1) is 0 Å². The molecule has 1 saturated carbocycles. The highest BCUT2D eigenvalue weighted by atomic mass is 32.2. The number of nitrogens with zero attached hydrogens (tertiary/aromatic N) is 4. The van der Waals surface area contributed by atoms with Crippen LogP contribution in [0.15, 0.2) is 16.9 Å². The molecule has 3 N–H and O–H groups in total. The first-order valence-electron chi connectivity index (χ1n) is 12.8. The summed E-state index contributed by atoms with van der Waals surface area (Å²) in [4.78, 5) is 22.8. The molecule has 1 aliphatic heterocycles. The van der Waals surface area contributed by atoms with Crippen LogP contribution in [-0.4, -0.2) is 72.3 Å². The molecule has 0 radical (unpaired) electrons. The van der Waals surface area contributed by atoms with Gasteiger partial charge < -0.3 is 19.9 Å². The van der Waals surface area contributed by atoms with Gasteiger partial charge in [-0.3, -0.25) is 9.35 Å². The Hall–Kier alpha value is -3.03. The van der Waals surface area contributed by atoms with Gasteiger partial charge in [-0.2, -0.15) is 13.5 Å². The molecule has 0 amide bonds. The topological polar surface area (TPSA) is 142 Å². The fourth-order valence-electron chi connectivity index (χ4n) is 5.20. The number of aromatic nitrogens is 4. The van der Waals surface area contributed by atoms with Crippen LogP contribution < -0.4 is 20.5 Å². The molecule has 38 heavy (non-hydrogen) atoms. The zero-order valence-corrected chi connectivity index (χ0v) is 22.8. The van der Waals surface area contributed by atoms with Gasteiger partial charge in [-0.1, -0.05) is 25.7 Å². The van der Waals surface area contributed by atoms with Gasteiger partial charge in [0.15, 0.2) is 5.65 Å². The first-order chi connectivity index (χ1) is 18.1. The smallest absolute Gasteiger partial charge is 0.262 e. The molecule has 0 spiro atoms. The molecule has 1 saturated heterocycles. The lowest BCUT2D eigenvalue weighted by Gasteiger charge is -2.30. The van der Waals surface area contributed by atoms with Crippen LogP contribution in [0.5, 0.6) is 5.75 Å². The summed E-state index contributed by atoms with van der Waals surface area (Å²) >= 11 is 0. The van der Waals surface area contributed by atoms with Gasteiger partial charge in [-0.05, 0) is 18.9 Å². The minimum atomic E-state index is -3.67. The monoisotopic (exact) mass is 550 g/mol. The van der Waals surface area contributed by atoms with Gasteiger partial charge in [0.25, 0.3) is 15.7 Å². The van der Waals surface area contributed by atoms with E-state index in [9.17, 15) is 13.2 Å². The molecule has 13 heteroatoms. The lowest BCUT2D eigenvalue weighted by atomic mass is 9.95. The summed E-state index contributed by atoms with van der Waals surface area (Å²) in [6.45, 7) is 3.05. The second-order valence-corrected chi connectivity index (χ2v) is 11.3. The third kappa shape index (κ3) is 6.51. The average molecular weight is 551 g/mol. The number of piperazine rings is 1. The number of hydrogen-bond acceptors (Lipinski definition) is 8. The Kier molecular flexibility index (Phi) is 8.68. The summed E-state index contributed by atoms with van der Waals surface area (Å²) in [6, 6.07) is 3.10. The number of ether oxygens (including phenoxy) is 1. The summed E-state index contributed by atoms with van der Waals surface area (Å²) in [6.07, 6.45) is 7.57. The molecule has 2 fully saturated rings. The molecule has 0 unspecified atom stereocenters. The van der Waals surface area contributed by atoms with Crippen LogP contribution in [0.1, 0.15) is 50.1 Å². The molecule has 1 aliphatic carbocycles. The highest BCUT2D eigenvalue weighted by molar-refractivity contribution is 7.85. The van der Waals surface area contributed by atoms with Crippen molar-refractivity contribution in [1.29, 1.82) is 0 Å². The Morgan fingerprint density at radius 1 is 1.13 bits per heavy atom. The van der Waals surface area contributed by atoms with Crippen LogP contribution >= 0.6 is 0 Å². The summed E-state index contributed by atoms with van der Waals surface area (Å²) in [7, 11) is -0.312. The number of hydrogen-bond donors (Lipinski definition) is 3. The van der Waals surface area contributed by atoms with E-state index in [1.807, 2.05) is 11.9 Å². The number of benzene rings is 1.